The van der Waals surface area contributed by atoms with Crippen LogP contribution >= 0.6 is 0 Å². The van der Waals surface area contributed by atoms with E-state index in [0.29, 0.717) is 0 Å². The van der Waals surface area contributed by atoms with Crippen molar-refractivity contribution in [1.82, 2.24) is 0 Å². The number of halogens is 3. The van der Waals surface area contributed by atoms with Gasteiger partial charge in [0.05, 0.1) is 0 Å². The lowest BCUT2D eigenvalue weighted by Gasteiger charge is -2.23. The van der Waals surface area contributed by atoms with E-state index in [1.165, 1.54) is 6.92 Å². The maximum absolute atomic E-state index is 11.6. The van der Waals surface area contributed by atoms with Gasteiger partial charge in [-0.25, -0.2) is 0 Å². The van der Waals surface area contributed by atoms with E-state index in [1.54, 1.807) is 0 Å². The smallest absolute Gasteiger partial charge is 0.381 e. The summed E-state index contributed by atoms with van der Waals surface area (Å²) < 4.78 is 34.8. The molecule has 0 saturated heterocycles. The Labute approximate surface area is 51.5 Å². The first-order chi connectivity index (χ1) is 3.81. The summed E-state index contributed by atoms with van der Waals surface area (Å²) in [4.78, 5) is 0. The number of hydrogen-bond acceptors (Lipinski definition) is 1. The third-order valence-corrected chi connectivity index (χ3v) is 1.30. The van der Waals surface area contributed by atoms with Crippen LogP contribution in [-0.4, -0.2) is 16.9 Å². The van der Waals surface area contributed by atoms with Crippen LogP contribution < -0.4 is 0 Å². The zero-order chi connectivity index (χ0) is 7.71. The van der Waals surface area contributed by atoms with Crippen LogP contribution in [0.25, 0.3) is 0 Å². The van der Waals surface area contributed by atoms with E-state index in [4.69, 9.17) is 5.11 Å². The average molecular weight is 142 g/mol. The van der Waals surface area contributed by atoms with Crippen LogP contribution in [0.2, 0.25) is 0 Å². The highest BCUT2D eigenvalue weighted by Crippen LogP contribution is 2.31. The van der Waals surface area contributed by atoms with Crippen molar-refractivity contribution in [2.75, 3.05) is 0 Å². The van der Waals surface area contributed by atoms with Gasteiger partial charge in [0.15, 0.2) is 5.60 Å². The molecular formula is C5H9F3O. The molecule has 1 atom stereocenters. The molecule has 0 radical (unpaired) electrons. The summed E-state index contributed by atoms with van der Waals surface area (Å²) in [5.41, 5.74) is -2.52. The van der Waals surface area contributed by atoms with Gasteiger partial charge in [-0.2, -0.15) is 13.2 Å². The van der Waals surface area contributed by atoms with Crippen molar-refractivity contribution in [3.63, 3.8) is 0 Å². The standard InChI is InChI=1S/C5H9F3O/c1-3-4(2,9)5(6,7)8/h9H,3H2,1-2H3. The molecule has 0 aliphatic carbocycles. The summed E-state index contributed by atoms with van der Waals surface area (Å²) in [7, 11) is 0. The Hall–Kier alpha value is -0.250. The SMILES string of the molecule is CCC(C)(O)C(F)(F)F. The molecule has 4 heteroatoms. The maximum Gasteiger partial charge on any atom is 0.416 e. The molecule has 1 N–H and O–H groups in total. The molecule has 0 fully saturated rings. The van der Waals surface area contributed by atoms with Crippen molar-refractivity contribution in [2.24, 2.45) is 0 Å². The van der Waals surface area contributed by atoms with Gasteiger partial charge in [0.2, 0.25) is 0 Å². The topological polar surface area (TPSA) is 20.2 Å². The van der Waals surface area contributed by atoms with Crippen LogP contribution in [0.4, 0.5) is 13.2 Å². The summed E-state index contributed by atoms with van der Waals surface area (Å²) in [6.07, 6.45) is -4.81. The number of hydrogen-bond donors (Lipinski definition) is 1. The Morgan fingerprint density at radius 2 is 1.67 bits per heavy atom. The minimum Gasteiger partial charge on any atom is -0.381 e. The normalized spacial score (nSPS) is 19.3. The van der Waals surface area contributed by atoms with Crippen molar-refractivity contribution in [2.45, 2.75) is 32.0 Å². The van der Waals surface area contributed by atoms with E-state index < -0.39 is 11.8 Å². The molecule has 0 aromatic heterocycles. The number of alkyl halides is 3. The summed E-state index contributed by atoms with van der Waals surface area (Å²) >= 11 is 0. The van der Waals surface area contributed by atoms with E-state index in [2.05, 4.69) is 0 Å². The molecule has 1 nitrogen and oxygen atoms in total. The van der Waals surface area contributed by atoms with Crippen LogP contribution in [-0.2, 0) is 0 Å². The molecule has 9 heavy (non-hydrogen) atoms. The average Bonchev–Trinajstić information content (AvgIpc) is 1.64. The molecule has 0 heterocycles. The highest BCUT2D eigenvalue weighted by molar-refractivity contribution is 4.78. The summed E-state index contributed by atoms with van der Waals surface area (Å²) in [6.45, 7) is 2.04. The van der Waals surface area contributed by atoms with Crippen LogP contribution in [0, 0.1) is 0 Å². The van der Waals surface area contributed by atoms with Gasteiger partial charge in [-0.3, -0.25) is 0 Å². The first kappa shape index (κ1) is 8.75. The quantitative estimate of drug-likeness (QED) is 0.590. The van der Waals surface area contributed by atoms with Crippen molar-refractivity contribution in [3.8, 4) is 0 Å². The summed E-state index contributed by atoms with van der Waals surface area (Å²) in [5.74, 6) is 0. The van der Waals surface area contributed by atoms with Gasteiger partial charge in [0.25, 0.3) is 0 Å². The lowest BCUT2D eigenvalue weighted by atomic mass is 10.0. The third-order valence-electron chi connectivity index (χ3n) is 1.30. The Balaban J connectivity index is 4.14. The molecule has 0 saturated carbocycles. The highest BCUT2D eigenvalue weighted by Gasteiger charge is 2.48. The van der Waals surface area contributed by atoms with Crippen LogP contribution in [0.3, 0.4) is 0 Å². The predicted octanol–water partition coefficient (Wildman–Crippen LogP) is 1.71. The summed E-state index contributed by atoms with van der Waals surface area (Å²) in [5, 5.41) is 8.53. The van der Waals surface area contributed by atoms with Crippen molar-refractivity contribution >= 4 is 0 Å². The zero-order valence-corrected chi connectivity index (χ0v) is 5.29. The molecule has 0 rings (SSSR count). The first-order valence-corrected chi connectivity index (χ1v) is 2.60. The molecule has 56 valence electrons. The van der Waals surface area contributed by atoms with Gasteiger partial charge < -0.3 is 5.11 Å². The molecule has 0 aliphatic heterocycles. The van der Waals surface area contributed by atoms with Crippen molar-refractivity contribution in [1.29, 1.82) is 0 Å². The second-order valence-corrected chi connectivity index (χ2v) is 2.13. The van der Waals surface area contributed by atoms with Crippen molar-refractivity contribution in [3.05, 3.63) is 0 Å². The predicted molar refractivity (Wildman–Crippen MR) is 27.0 cm³/mol. The molecule has 0 aromatic carbocycles. The van der Waals surface area contributed by atoms with E-state index in [-0.39, 0.29) is 6.42 Å². The minimum atomic E-state index is -4.50. The lowest BCUT2D eigenvalue weighted by molar-refractivity contribution is -0.253. The lowest BCUT2D eigenvalue weighted by Crippen LogP contribution is -2.41. The Bertz CT molecular complexity index is 94.9. The molecule has 1 unspecified atom stereocenters. The second-order valence-electron chi connectivity index (χ2n) is 2.13. The number of aliphatic hydroxyl groups is 1. The van der Waals surface area contributed by atoms with Crippen LogP contribution in [0.5, 0.6) is 0 Å². The summed E-state index contributed by atoms with van der Waals surface area (Å²) in [6, 6.07) is 0. The van der Waals surface area contributed by atoms with E-state index in [9.17, 15) is 13.2 Å². The minimum absolute atomic E-state index is 0.309. The van der Waals surface area contributed by atoms with Gasteiger partial charge >= 0.3 is 6.18 Å². The zero-order valence-electron chi connectivity index (χ0n) is 5.29. The van der Waals surface area contributed by atoms with Crippen LogP contribution in [0.1, 0.15) is 20.3 Å². The fraction of sp³-hybridized carbons (Fsp3) is 1.00. The molecule has 0 aliphatic rings. The van der Waals surface area contributed by atoms with E-state index in [0.717, 1.165) is 6.92 Å². The molecule has 0 spiro atoms. The van der Waals surface area contributed by atoms with Crippen LogP contribution in [0.15, 0.2) is 0 Å². The number of rotatable bonds is 1. The Kier molecular flexibility index (Phi) is 2.11. The van der Waals surface area contributed by atoms with Gasteiger partial charge in [0.1, 0.15) is 0 Å². The monoisotopic (exact) mass is 142 g/mol. The molecular weight excluding hydrogens is 133 g/mol. The van der Waals surface area contributed by atoms with Crippen molar-refractivity contribution < 1.29 is 18.3 Å². The second kappa shape index (κ2) is 2.17. The fourth-order valence-electron chi connectivity index (χ4n) is 0.200. The van der Waals surface area contributed by atoms with E-state index >= 15 is 0 Å². The van der Waals surface area contributed by atoms with E-state index in [1.807, 2.05) is 0 Å². The molecule has 0 aromatic rings. The Morgan fingerprint density at radius 1 is 1.33 bits per heavy atom. The largest absolute Gasteiger partial charge is 0.416 e. The maximum atomic E-state index is 11.6. The molecule has 0 amide bonds. The first-order valence-electron chi connectivity index (χ1n) is 2.60. The third kappa shape index (κ3) is 1.86. The Morgan fingerprint density at radius 3 is 1.67 bits per heavy atom. The van der Waals surface area contributed by atoms with Gasteiger partial charge in [-0.15, -0.1) is 0 Å². The van der Waals surface area contributed by atoms with Gasteiger partial charge in [-0.05, 0) is 13.3 Å². The van der Waals surface area contributed by atoms with Gasteiger partial charge in [0, 0.05) is 0 Å². The fourth-order valence-corrected chi connectivity index (χ4v) is 0.200. The van der Waals surface area contributed by atoms with Gasteiger partial charge in [-0.1, -0.05) is 6.92 Å². The molecule has 0 bridgehead atoms. The highest BCUT2D eigenvalue weighted by atomic mass is 19.4.